The van der Waals surface area contributed by atoms with Gasteiger partial charge in [-0.15, -0.1) is 0 Å². The molecule has 0 bridgehead atoms. The van der Waals surface area contributed by atoms with Gasteiger partial charge in [0, 0.05) is 25.2 Å². The van der Waals surface area contributed by atoms with E-state index in [1.54, 1.807) is 0 Å². The predicted molar refractivity (Wildman–Crippen MR) is 92.9 cm³/mol. The highest BCUT2D eigenvalue weighted by Crippen LogP contribution is 2.41. The lowest BCUT2D eigenvalue weighted by molar-refractivity contribution is -0.115. The Balaban J connectivity index is 2.08. The normalized spacial score (nSPS) is 16.1. The molecule has 4 rings (SSSR count). The van der Waals surface area contributed by atoms with E-state index >= 15 is 0 Å². The van der Waals surface area contributed by atoms with Crippen molar-refractivity contribution in [3.05, 3.63) is 82.4 Å². The van der Waals surface area contributed by atoms with Crippen LogP contribution in [-0.2, 0) is 4.79 Å². The monoisotopic (exact) mass is 316 g/mol. The van der Waals surface area contributed by atoms with Gasteiger partial charge in [-0.05, 0) is 5.56 Å². The molecule has 0 atom stereocenters. The third-order valence-electron chi connectivity index (χ3n) is 4.37. The minimum Gasteiger partial charge on any atom is -0.376 e. The number of amides is 1. The Morgan fingerprint density at radius 1 is 0.792 bits per heavy atom. The van der Waals surface area contributed by atoms with Crippen LogP contribution in [0.25, 0.3) is 11.4 Å². The molecule has 1 aliphatic carbocycles. The summed E-state index contributed by atoms with van der Waals surface area (Å²) in [7, 11) is 3.78. The second-order valence-corrected chi connectivity index (χ2v) is 6.06. The lowest BCUT2D eigenvalue weighted by Crippen LogP contribution is -2.25. The summed E-state index contributed by atoms with van der Waals surface area (Å²) in [5.74, 6) is -0.334. The summed E-state index contributed by atoms with van der Waals surface area (Å²) < 4.78 is 0. The second kappa shape index (κ2) is 5.20. The van der Waals surface area contributed by atoms with Gasteiger partial charge in [0.05, 0.1) is 22.5 Å². The molecule has 2 aromatic rings. The Morgan fingerprint density at radius 3 is 2.08 bits per heavy atom. The van der Waals surface area contributed by atoms with Gasteiger partial charge in [-0.2, -0.15) is 0 Å². The zero-order valence-corrected chi connectivity index (χ0v) is 13.5. The number of benzene rings is 2. The van der Waals surface area contributed by atoms with E-state index in [0.717, 1.165) is 16.8 Å². The molecule has 2 aromatic carbocycles. The molecule has 0 unspecified atom stereocenters. The van der Waals surface area contributed by atoms with Crippen LogP contribution in [0.1, 0.15) is 21.5 Å². The Hall–Kier alpha value is -3.14. The number of hydrogen-bond acceptors (Lipinski definition) is 3. The predicted octanol–water partition coefficient (Wildman–Crippen LogP) is 2.70. The smallest absolute Gasteiger partial charge is 0.258 e. The second-order valence-electron chi connectivity index (χ2n) is 6.06. The van der Waals surface area contributed by atoms with Crippen LogP contribution in [0.3, 0.4) is 0 Å². The van der Waals surface area contributed by atoms with Gasteiger partial charge in [0.1, 0.15) is 0 Å². The first-order valence-corrected chi connectivity index (χ1v) is 7.76. The summed E-state index contributed by atoms with van der Waals surface area (Å²) in [5, 5.41) is 2.90. The molecule has 0 fully saturated rings. The van der Waals surface area contributed by atoms with Crippen LogP contribution in [0.2, 0.25) is 0 Å². The standard InChI is InChI=1S/C20H16N2O2/c1-22(2)18-13-10-6-7-11-14(13)19(23)15-16(18)20(24)21-17(15)12-8-4-3-5-9-12/h3-11H,1-2H3,(H,21,24). The summed E-state index contributed by atoms with van der Waals surface area (Å²) >= 11 is 0. The number of hydrogen-bond donors (Lipinski definition) is 1. The van der Waals surface area contributed by atoms with E-state index in [0.29, 0.717) is 22.4 Å². The molecule has 1 amide bonds. The third-order valence-corrected chi connectivity index (χ3v) is 4.37. The molecule has 0 saturated heterocycles. The molecule has 0 saturated carbocycles. The Morgan fingerprint density at radius 2 is 1.42 bits per heavy atom. The molecule has 0 aromatic heterocycles. The average molecular weight is 316 g/mol. The van der Waals surface area contributed by atoms with Crippen LogP contribution >= 0.6 is 0 Å². The first kappa shape index (κ1) is 14.5. The summed E-state index contributed by atoms with van der Waals surface area (Å²) in [4.78, 5) is 27.7. The van der Waals surface area contributed by atoms with Gasteiger partial charge in [0.15, 0.2) is 5.78 Å². The SMILES string of the molecule is CN(C)C1=C2C(=O)NC(c3ccccc3)=C2C(=O)c2ccccc21. The minimum atomic E-state index is -0.226. The summed E-state index contributed by atoms with van der Waals surface area (Å²) in [6.45, 7) is 0. The fraction of sp³-hybridized carbons (Fsp3) is 0.100. The van der Waals surface area contributed by atoms with Crippen molar-refractivity contribution < 1.29 is 9.59 Å². The summed E-state index contributed by atoms with van der Waals surface area (Å²) in [5.41, 5.74) is 4.57. The number of rotatable bonds is 2. The molecule has 4 nitrogen and oxygen atoms in total. The van der Waals surface area contributed by atoms with Crippen LogP contribution in [0.5, 0.6) is 0 Å². The lowest BCUT2D eigenvalue weighted by Gasteiger charge is -2.26. The summed E-state index contributed by atoms with van der Waals surface area (Å²) in [6.07, 6.45) is 0. The van der Waals surface area contributed by atoms with Gasteiger partial charge in [-0.3, -0.25) is 9.59 Å². The molecule has 24 heavy (non-hydrogen) atoms. The van der Waals surface area contributed by atoms with Crippen molar-refractivity contribution >= 4 is 23.1 Å². The zero-order valence-electron chi connectivity index (χ0n) is 13.5. The number of carbonyl (C=O) groups excluding carboxylic acids is 2. The molecule has 1 N–H and O–H groups in total. The van der Waals surface area contributed by atoms with E-state index < -0.39 is 0 Å². The van der Waals surface area contributed by atoms with Crippen LogP contribution in [0.15, 0.2) is 65.7 Å². The molecule has 0 radical (unpaired) electrons. The fourth-order valence-corrected chi connectivity index (χ4v) is 3.37. The van der Waals surface area contributed by atoms with Crippen LogP contribution < -0.4 is 5.32 Å². The van der Waals surface area contributed by atoms with Crippen molar-refractivity contribution in [1.29, 1.82) is 0 Å². The van der Waals surface area contributed by atoms with E-state index in [1.807, 2.05) is 73.6 Å². The van der Waals surface area contributed by atoms with Crippen molar-refractivity contribution in [2.24, 2.45) is 0 Å². The first-order chi connectivity index (χ1) is 11.6. The maximum absolute atomic E-state index is 13.1. The molecule has 118 valence electrons. The average Bonchev–Trinajstić information content (AvgIpc) is 2.93. The number of nitrogens with zero attached hydrogens (tertiary/aromatic N) is 1. The van der Waals surface area contributed by atoms with Crippen LogP contribution in [0, 0.1) is 0 Å². The molecular weight excluding hydrogens is 300 g/mol. The van der Waals surface area contributed by atoms with E-state index in [2.05, 4.69) is 5.32 Å². The molecule has 1 heterocycles. The number of nitrogens with one attached hydrogen (secondary N) is 1. The van der Waals surface area contributed by atoms with Gasteiger partial charge in [-0.25, -0.2) is 0 Å². The van der Waals surface area contributed by atoms with Gasteiger partial charge in [0.25, 0.3) is 5.91 Å². The number of ketones is 1. The minimum absolute atomic E-state index is 0.108. The Bertz CT molecular complexity index is 937. The van der Waals surface area contributed by atoms with Crippen LogP contribution in [-0.4, -0.2) is 30.7 Å². The van der Waals surface area contributed by atoms with Gasteiger partial charge in [0.2, 0.25) is 0 Å². The molecule has 2 aliphatic rings. The van der Waals surface area contributed by atoms with Gasteiger partial charge >= 0.3 is 0 Å². The topological polar surface area (TPSA) is 49.4 Å². The van der Waals surface area contributed by atoms with Crippen LogP contribution in [0.4, 0.5) is 0 Å². The lowest BCUT2D eigenvalue weighted by atomic mass is 9.83. The maximum Gasteiger partial charge on any atom is 0.258 e. The van der Waals surface area contributed by atoms with E-state index in [9.17, 15) is 9.59 Å². The van der Waals surface area contributed by atoms with Crippen molar-refractivity contribution in [1.82, 2.24) is 10.2 Å². The van der Waals surface area contributed by atoms with E-state index in [-0.39, 0.29) is 11.7 Å². The highest BCUT2D eigenvalue weighted by Gasteiger charge is 2.40. The highest BCUT2D eigenvalue weighted by molar-refractivity contribution is 6.32. The Kier molecular flexibility index (Phi) is 3.13. The third kappa shape index (κ3) is 1.93. The summed E-state index contributed by atoms with van der Waals surface area (Å²) in [6, 6.07) is 16.9. The fourth-order valence-electron chi connectivity index (χ4n) is 3.37. The molecular formula is C20H16N2O2. The van der Waals surface area contributed by atoms with Gasteiger partial charge in [-0.1, -0.05) is 54.6 Å². The first-order valence-electron chi connectivity index (χ1n) is 7.76. The van der Waals surface area contributed by atoms with Crippen molar-refractivity contribution in [3.63, 3.8) is 0 Å². The number of fused-ring (bicyclic) bond motifs is 2. The molecule has 1 aliphatic heterocycles. The zero-order chi connectivity index (χ0) is 16.8. The van der Waals surface area contributed by atoms with Crippen molar-refractivity contribution in [2.75, 3.05) is 14.1 Å². The molecule has 0 spiro atoms. The maximum atomic E-state index is 13.1. The Labute approximate surface area is 140 Å². The number of Topliss-reactive ketones (excluding diaryl/α,β-unsaturated/α-hetero) is 1. The van der Waals surface area contributed by atoms with E-state index in [1.165, 1.54) is 0 Å². The van der Waals surface area contributed by atoms with Gasteiger partial charge < -0.3 is 10.2 Å². The number of carbonyl (C=O) groups is 2. The molecule has 4 heteroatoms. The van der Waals surface area contributed by atoms with Crippen molar-refractivity contribution in [3.8, 4) is 0 Å². The largest absolute Gasteiger partial charge is 0.376 e. The van der Waals surface area contributed by atoms with E-state index in [4.69, 9.17) is 0 Å². The quantitative estimate of drug-likeness (QED) is 0.927. The highest BCUT2D eigenvalue weighted by atomic mass is 16.2. The van der Waals surface area contributed by atoms with Crippen molar-refractivity contribution in [2.45, 2.75) is 0 Å².